The van der Waals surface area contributed by atoms with Gasteiger partial charge in [-0.25, -0.2) is 13.6 Å². The fraction of sp³-hybridized carbons (Fsp3) is 0.316. The second kappa shape index (κ2) is 6.57. The van der Waals surface area contributed by atoms with Crippen molar-refractivity contribution in [3.05, 3.63) is 48.0 Å². The van der Waals surface area contributed by atoms with Gasteiger partial charge in [-0.1, -0.05) is 0 Å². The van der Waals surface area contributed by atoms with E-state index in [1.165, 1.54) is 24.3 Å². The first-order valence-corrected chi connectivity index (χ1v) is 8.61. The van der Waals surface area contributed by atoms with Gasteiger partial charge in [0.2, 0.25) is 0 Å². The zero-order chi connectivity index (χ0) is 18.3. The summed E-state index contributed by atoms with van der Waals surface area (Å²) in [6.45, 7) is 1.68. The number of hydrogen-bond donors (Lipinski definition) is 2. The van der Waals surface area contributed by atoms with Crippen molar-refractivity contribution in [2.24, 2.45) is 0 Å². The molecule has 0 saturated carbocycles. The van der Waals surface area contributed by atoms with E-state index in [2.05, 4.69) is 5.32 Å². The third-order valence-corrected chi connectivity index (χ3v) is 4.78. The zero-order valence-corrected chi connectivity index (χ0v) is 14.1. The second-order valence-corrected chi connectivity index (χ2v) is 6.62. The maximum absolute atomic E-state index is 13.7. The molecule has 5 nitrogen and oxygen atoms in total. The number of fused-ring (bicyclic) bond motifs is 3. The summed E-state index contributed by atoms with van der Waals surface area (Å²) in [7, 11) is 0. The van der Waals surface area contributed by atoms with Crippen molar-refractivity contribution in [2.45, 2.75) is 19.1 Å². The van der Waals surface area contributed by atoms with Crippen LogP contribution in [0.3, 0.4) is 0 Å². The topological polar surface area (TPSA) is 57.5 Å². The molecule has 2 amide bonds. The average molecular weight is 359 g/mol. The molecule has 1 atom stereocenters. The molecule has 1 unspecified atom stereocenters. The van der Waals surface area contributed by atoms with E-state index in [4.69, 9.17) is 0 Å². The van der Waals surface area contributed by atoms with Crippen molar-refractivity contribution in [1.82, 2.24) is 14.8 Å². The van der Waals surface area contributed by atoms with Gasteiger partial charge in [-0.3, -0.25) is 0 Å². The van der Waals surface area contributed by atoms with Crippen molar-refractivity contribution in [3.63, 3.8) is 0 Å². The fourth-order valence-corrected chi connectivity index (χ4v) is 3.62. The smallest absolute Gasteiger partial charge is 0.317 e. The van der Waals surface area contributed by atoms with Gasteiger partial charge in [-0.05, 0) is 42.8 Å². The lowest BCUT2D eigenvalue weighted by Gasteiger charge is -2.29. The summed E-state index contributed by atoms with van der Waals surface area (Å²) < 4.78 is 29.2. The number of aliphatic hydroxyl groups is 1. The number of halogens is 2. The number of aromatic nitrogens is 1. The van der Waals surface area contributed by atoms with Crippen LogP contribution in [-0.2, 0) is 6.54 Å². The highest BCUT2D eigenvalue weighted by Gasteiger charge is 2.22. The Morgan fingerprint density at radius 2 is 1.65 bits per heavy atom. The van der Waals surface area contributed by atoms with Gasteiger partial charge in [0.25, 0.3) is 0 Å². The predicted molar refractivity (Wildman–Crippen MR) is 95.0 cm³/mol. The van der Waals surface area contributed by atoms with Crippen LogP contribution in [0.4, 0.5) is 13.6 Å². The molecule has 1 saturated heterocycles. The number of rotatable bonds is 4. The van der Waals surface area contributed by atoms with Crippen LogP contribution in [0.5, 0.6) is 0 Å². The van der Waals surface area contributed by atoms with Crippen LogP contribution in [0.1, 0.15) is 6.42 Å². The molecule has 0 aliphatic carbocycles. The van der Waals surface area contributed by atoms with E-state index in [1.54, 1.807) is 17.0 Å². The molecule has 2 heterocycles. The Bertz CT molecular complexity index is 926. The third kappa shape index (κ3) is 2.99. The minimum absolute atomic E-state index is 0.179. The van der Waals surface area contributed by atoms with Crippen LogP contribution in [0.2, 0.25) is 0 Å². The van der Waals surface area contributed by atoms with Gasteiger partial charge in [0, 0.05) is 34.9 Å². The molecular formula is C19H19F2N3O2. The van der Waals surface area contributed by atoms with E-state index >= 15 is 0 Å². The molecule has 0 bridgehead atoms. The highest BCUT2D eigenvalue weighted by molar-refractivity contribution is 6.08. The Balaban J connectivity index is 1.69. The first-order valence-electron chi connectivity index (χ1n) is 8.61. The molecular weight excluding hydrogens is 340 g/mol. The molecule has 2 N–H and O–H groups in total. The largest absolute Gasteiger partial charge is 0.389 e. The normalized spacial score (nSPS) is 16.3. The molecule has 1 aliphatic heterocycles. The van der Waals surface area contributed by atoms with E-state index in [-0.39, 0.29) is 19.1 Å². The van der Waals surface area contributed by atoms with E-state index in [0.717, 1.165) is 6.42 Å². The lowest BCUT2D eigenvalue weighted by Crippen LogP contribution is -2.49. The third-order valence-electron chi connectivity index (χ3n) is 4.78. The van der Waals surface area contributed by atoms with Gasteiger partial charge in [-0.2, -0.15) is 0 Å². The summed E-state index contributed by atoms with van der Waals surface area (Å²) in [5, 5.41) is 14.5. The number of aliphatic hydroxyl groups excluding tert-OH is 1. The molecule has 7 heteroatoms. The first-order chi connectivity index (χ1) is 12.5. The number of hydrogen-bond acceptors (Lipinski definition) is 2. The van der Waals surface area contributed by atoms with Crippen molar-refractivity contribution in [1.29, 1.82) is 0 Å². The van der Waals surface area contributed by atoms with Gasteiger partial charge >= 0.3 is 6.03 Å². The summed E-state index contributed by atoms with van der Waals surface area (Å²) >= 11 is 0. The summed E-state index contributed by atoms with van der Waals surface area (Å²) in [5.74, 6) is -0.794. The Morgan fingerprint density at radius 1 is 1.04 bits per heavy atom. The molecule has 2 aromatic carbocycles. The van der Waals surface area contributed by atoms with E-state index in [1.807, 2.05) is 4.57 Å². The molecule has 1 aromatic heterocycles. The Hall–Kier alpha value is -2.67. The highest BCUT2D eigenvalue weighted by atomic mass is 19.1. The standard InChI is InChI=1S/C19H19F2N3O2/c20-12-2-4-17-15(8-12)16-9-13(21)3-5-18(16)24(17)11-14(25)10-23-7-1-6-22-19(23)26/h2-5,8-9,14,25H,1,6-7,10-11H2,(H,22,26). The molecule has 3 aromatic rings. The van der Waals surface area contributed by atoms with Gasteiger partial charge in [0.05, 0.1) is 19.2 Å². The Kier molecular flexibility index (Phi) is 4.24. The number of urea groups is 1. The van der Waals surface area contributed by atoms with E-state index in [0.29, 0.717) is 34.9 Å². The van der Waals surface area contributed by atoms with Crippen LogP contribution in [0.25, 0.3) is 21.8 Å². The van der Waals surface area contributed by atoms with E-state index in [9.17, 15) is 18.7 Å². The zero-order valence-electron chi connectivity index (χ0n) is 14.1. The van der Waals surface area contributed by atoms with Crippen LogP contribution < -0.4 is 5.32 Å². The summed E-state index contributed by atoms with van der Waals surface area (Å²) in [4.78, 5) is 13.4. The number of benzene rings is 2. The molecule has 1 aliphatic rings. The van der Waals surface area contributed by atoms with Crippen LogP contribution in [0.15, 0.2) is 36.4 Å². The van der Waals surface area contributed by atoms with Gasteiger partial charge in [0.1, 0.15) is 11.6 Å². The monoisotopic (exact) mass is 359 g/mol. The lowest BCUT2D eigenvalue weighted by atomic mass is 10.1. The maximum atomic E-state index is 13.7. The average Bonchev–Trinajstić information content (AvgIpc) is 2.89. The minimum atomic E-state index is -0.798. The number of nitrogens with one attached hydrogen (secondary N) is 1. The van der Waals surface area contributed by atoms with E-state index < -0.39 is 17.7 Å². The first kappa shape index (κ1) is 16.8. The SMILES string of the molecule is O=C1NCCCN1CC(O)Cn1c2ccc(F)cc2c2cc(F)ccc21. The van der Waals surface area contributed by atoms with Crippen molar-refractivity contribution < 1.29 is 18.7 Å². The van der Waals surface area contributed by atoms with Crippen molar-refractivity contribution in [3.8, 4) is 0 Å². The van der Waals surface area contributed by atoms with Crippen LogP contribution in [-0.4, -0.2) is 46.3 Å². The quantitative estimate of drug-likeness (QED) is 0.753. The van der Waals surface area contributed by atoms with Gasteiger partial charge in [-0.15, -0.1) is 0 Å². The Labute approximate surface area is 148 Å². The molecule has 0 radical (unpaired) electrons. The van der Waals surface area contributed by atoms with Crippen LogP contribution >= 0.6 is 0 Å². The molecule has 26 heavy (non-hydrogen) atoms. The fourth-order valence-electron chi connectivity index (χ4n) is 3.62. The number of carbonyl (C=O) groups is 1. The minimum Gasteiger partial charge on any atom is -0.389 e. The van der Waals surface area contributed by atoms with Crippen molar-refractivity contribution >= 4 is 27.8 Å². The number of amides is 2. The van der Waals surface area contributed by atoms with Gasteiger partial charge in [0.15, 0.2) is 0 Å². The van der Waals surface area contributed by atoms with Crippen LogP contribution in [0, 0.1) is 11.6 Å². The summed E-state index contributed by atoms with van der Waals surface area (Å²) in [6, 6.07) is 8.51. The Morgan fingerprint density at radius 3 is 2.23 bits per heavy atom. The highest BCUT2D eigenvalue weighted by Crippen LogP contribution is 2.30. The number of carbonyl (C=O) groups excluding carboxylic acids is 1. The maximum Gasteiger partial charge on any atom is 0.317 e. The lowest BCUT2D eigenvalue weighted by molar-refractivity contribution is 0.103. The summed E-state index contributed by atoms with van der Waals surface area (Å²) in [5.41, 5.74) is 1.43. The van der Waals surface area contributed by atoms with Gasteiger partial charge < -0.3 is 19.9 Å². The predicted octanol–water partition coefficient (Wildman–Crippen LogP) is 2.85. The second-order valence-electron chi connectivity index (χ2n) is 6.62. The number of nitrogens with zero attached hydrogens (tertiary/aromatic N) is 2. The van der Waals surface area contributed by atoms with Crippen molar-refractivity contribution in [2.75, 3.05) is 19.6 Å². The molecule has 4 rings (SSSR count). The molecule has 136 valence electrons. The molecule has 0 spiro atoms. The molecule has 1 fully saturated rings. The number of β-amino-alcohol motifs (C(OH)–C–C–N with tert-alkyl or cyclic N) is 1. The summed E-state index contributed by atoms with van der Waals surface area (Å²) in [6.07, 6.45) is 0.0413.